The van der Waals surface area contributed by atoms with Crippen LogP contribution >= 0.6 is 0 Å². The summed E-state index contributed by atoms with van der Waals surface area (Å²) in [6.07, 6.45) is 2.84. The van der Waals surface area contributed by atoms with Crippen LogP contribution in [0.25, 0.3) is 0 Å². The summed E-state index contributed by atoms with van der Waals surface area (Å²) in [4.78, 5) is 42.4. The number of hydroxylamine groups is 2. The van der Waals surface area contributed by atoms with Crippen molar-refractivity contribution in [3.8, 4) is 0 Å². The van der Waals surface area contributed by atoms with Gasteiger partial charge in [0.25, 0.3) is 11.8 Å². The van der Waals surface area contributed by atoms with Crippen LogP contribution in [-0.4, -0.2) is 53.9 Å². The lowest BCUT2D eigenvalue weighted by Crippen LogP contribution is -2.51. The molecular formula is C18H22N2O6S. The van der Waals surface area contributed by atoms with Gasteiger partial charge >= 0.3 is 5.97 Å². The van der Waals surface area contributed by atoms with Crippen LogP contribution in [0, 0.1) is 0 Å². The number of imide groups is 1. The van der Waals surface area contributed by atoms with Crippen molar-refractivity contribution in [3.63, 3.8) is 0 Å². The summed E-state index contributed by atoms with van der Waals surface area (Å²) in [5.74, 6) is -2.38. The molecule has 1 aromatic rings. The predicted molar refractivity (Wildman–Crippen MR) is 96.1 cm³/mol. The van der Waals surface area contributed by atoms with E-state index in [4.69, 9.17) is 4.84 Å². The van der Waals surface area contributed by atoms with Gasteiger partial charge < -0.3 is 4.84 Å². The molecule has 2 aliphatic rings. The number of hydrogen-bond acceptors (Lipinski definition) is 6. The second-order valence-electron chi connectivity index (χ2n) is 6.65. The Kier molecular flexibility index (Phi) is 5.61. The van der Waals surface area contributed by atoms with Crippen molar-refractivity contribution in [2.75, 3.05) is 12.3 Å². The number of nitrogens with zero attached hydrogens (tertiary/aromatic N) is 2. The zero-order valence-electron chi connectivity index (χ0n) is 15.1. The fourth-order valence-corrected chi connectivity index (χ4v) is 5.19. The standard InChI is InChI=1S/C18H22N2O6S/c1-2-3-12-27(24,25)19-11-7-6-10-15(19)18(23)26-20-16(21)13-8-4-5-9-14(13)17(20)22/h4-5,8-9,15H,2-3,6-7,10-12H2,1H3. The van der Waals surface area contributed by atoms with E-state index in [1.807, 2.05) is 6.92 Å². The van der Waals surface area contributed by atoms with Crippen LogP contribution in [0.3, 0.4) is 0 Å². The van der Waals surface area contributed by atoms with Crippen LogP contribution in [0.5, 0.6) is 0 Å². The molecule has 0 saturated carbocycles. The molecular weight excluding hydrogens is 372 g/mol. The van der Waals surface area contributed by atoms with Crippen molar-refractivity contribution in [1.29, 1.82) is 0 Å². The van der Waals surface area contributed by atoms with Crippen molar-refractivity contribution in [2.24, 2.45) is 0 Å². The SMILES string of the molecule is CCCCS(=O)(=O)N1CCCCC1C(=O)ON1C(=O)c2ccccc2C1=O. The number of piperidine rings is 1. The lowest BCUT2D eigenvalue weighted by molar-refractivity contribution is -0.174. The second kappa shape index (κ2) is 7.77. The summed E-state index contributed by atoms with van der Waals surface area (Å²) in [6, 6.07) is 5.15. The summed E-state index contributed by atoms with van der Waals surface area (Å²) < 4.78 is 26.3. The molecule has 0 aromatic heterocycles. The Hall–Kier alpha value is -2.26. The monoisotopic (exact) mass is 394 g/mol. The van der Waals surface area contributed by atoms with Crippen LogP contribution in [0.2, 0.25) is 0 Å². The van der Waals surface area contributed by atoms with Crippen molar-refractivity contribution in [1.82, 2.24) is 9.37 Å². The maximum atomic E-state index is 12.7. The van der Waals surface area contributed by atoms with Gasteiger partial charge in [-0.05, 0) is 37.8 Å². The fraction of sp³-hybridized carbons (Fsp3) is 0.500. The van der Waals surface area contributed by atoms with Gasteiger partial charge in [0.2, 0.25) is 10.0 Å². The summed E-state index contributed by atoms with van der Waals surface area (Å²) in [6.45, 7) is 2.12. The molecule has 0 radical (unpaired) electrons. The highest BCUT2D eigenvalue weighted by atomic mass is 32.2. The first-order valence-corrected chi connectivity index (χ1v) is 10.7. The Morgan fingerprint density at radius 1 is 1.15 bits per heavy atom. The molecule has 1 atom stereocenters. The third kappa shape index (κ3) is 3.74. The molecule has 0 spiro atoms. The molecule has 0 bridgehead atoms. The van der Waals surface area contributed by atoms with Gasteiger partial charge in [-0.3, -0.25) is 9.59 Å². The second-order valence-corrected chi connectivity index (χ2v) is 8.69. The number of rotatable bonds is 6. The maximum Gasteiger partial charge on any atom is 0.351 e. The molecule has 0 aliphatic carbocycles. The van der Waals surface area contributed by atoms with Gasteiger partial charge in [0.15, 0.2) is 0 Å². The zero-order valence-corrected chi connectivity index (χ0v) is 15.9. The van der Waals surface area contributed by atoms with Crippen molar-refractivity contribution >= 4 is 27.8 Å². The number of amides is 2. The minimum atomic E-state index is -3.61. The topological polar surface area (TPSA) is 101 Å². The highest BCUT2D eigenvalue weighted by Crippen LogP contribution is 2.26. The van der Waals surface area contributed by atoms with E-state index in [1.54, 1.807) is 12.1 Å². The molecule has 2 heterocycles. The fourth-order valence-electron chi connectivity index (χ4n) is 3.32. The quantitative estimate of drug-likeness (QED) is 0.681. The Bertz CT molecular complexity index is 831. The molecule has 3 rings (SSSR count). The van der Waals surface area contributed by atoms with Crippen molar-refractivity contribution in [2.45, 2.75) is 45.1 Å². The van der Waals surface area contributed by atoms with E-state index in [1.165, 1.54) is 12.1 Å². The predicted octanol–water partition coefficient (Wildman–Crippen LogP) is 1.73. The van der Waals surface area contributed by atoms with E-state index in [2.05, 4.69) is 0 Å². The molecule has 1 saturated heterocycles. The van der Waals surface area contributed by atoms with E-state index >= 15 is 0 Å². The average Bonchev–Trinajstić information content (AvgIpc) is 2.91. The molecule has 0 N–H and O–H groups in total. The van der Waals surface area contributed by atoms with E-state index in [0.29, 0.717) is 30.7 Å². The molecule has 2 aliphatic heterocycles. The minimum Gasteiger partial charge on any atom is -0.328 e. The molecule has 1 unspecified atom stereocenters. The van der Waals surface area contributed by atoms with Gasteiger partial charge in [-0.25, -0.2) is 13.2 Å². The first-order chi connectivity index (χ1) is 12.9. The summed E-state index contributed by atoms with van der Waals surface area (Å²) in [5.41, 5.74) is 0.317. The zero-order chi connectivity index (χ0) is 19.6. The van der Waals surface area contributed by atoms with Gasteiger partial charge in [-0.1, -0.05) is 30.5 Å². The van der Waals surface area contributed by atoms with E-state index in [0.717, 1.165) is 10.7 Å². The molecule has 2 amide bonds. The molecule has 1 fully saturated rings. The maximum absolute atomic E-state index is 12.7. The number of fused-ring (bicyclic) bond motifs is 1. The Balaban J connectivity index is 1.77. The third-order valence-electron chi connectivity index (χ3n) is 4.78. The van der Waals surface area contributed by atoms with Crippen molar-refractivity contribution in [3.05, 3.63) is 35.4 Å². The lowest BCUT2D eigenvalue weighted by Gasteiger charge is -2.33. The van der Waals surface area contributed by atoms with Crippen LogP contribution < -0.4 is 0 Å². The van der Waals surface area contributed by atoms with Gasteiger partial charge in [0.05, 0.1) is 16.9 Å². The molecule has 8 nitrogen and oxygen atoms in total. The Labute approximate surface area is 158 Å². The van der Waals surface area contributed by atoms with Crippen LogP contribution in [-0.2, 0) is 19.7 Å². The number of hydrogen-bond donors (Lipinski definition) is 0. The number of benzene rings is 1. The third-order valence-corrected chi connectivity index (χ3v) is 6.73. The van der Waals surface area contributed by atoms with Crippen LogP contribution in [0.15, 0.2) is 24.3 Å². The number of unbranched alkanes of at least 4 members (excludes halogenated alkanes) is 1. The number of carbonyl (C=O) groups excluding carboxylic acids is 3. The van der Waals surface area contributed by atoms with Gasteiger partial charge in [0, 0.05) is 6.54 Å². The minimum absolute atomic E-state index is 0.0414. The van der Waals surface area contributed by atoms with E-state index in [-0.39, 0.29) is 23.4 Å². The molecule has 146 valence electrons. The largest absolute Gasteiger partial charge is 0.351 e. The lowest BCUT2D eigenvalue weighted by atomic mass is 10.1. The summed E-state index contributed by atoms with van der Waals surface area (Å²) in [5, 5.41) is 0.429. The molecule has 9 heteroatoms. The van der Waals surface area contributed by atoms with Crippen LogP contribution in [0.1, 0.15) is 59.7 Å². The Morgan fingerprint density at radius 2 is 1.78 bits per heavy atom. The molecule has 27 heavy (non-hydrogen) atoms. The smallest absolute Gasteiger partial charge is 0.328 e. The van der Waals surface area contributed by atoms with Gasteiger partial charge in [0.1, 0.15) is 6.04 Å². The highest BCUT2D eigenvalue weighted by molar-refractivity contribution is 7.89. The normalized spacial score (nSPS) is 20.6. The Morgan fingerprint density at radius 3 is 2.37 bits per heavy atom. The highest BCUT2D eigenvalue weighted by Gasteiger charge is 2.43. The van der Waals surface area contributed by atoms with Gasteiger partial charge in [-0.15, -0.1) is 0 Å². The summed E-state index contributed by atoms with van der Waals surface area (Å²) in [7, 11) is -3.61. The average molecular weight is 394 g/mol. The summed E-state index contributed by atoms with van der Waals surface area (Å²) >= 11 is 0. The van der Waals surface area contributed by atoms with Gasteiger partial charge in [-0.2, -0.15) is 4.31 Å². The molecule has 1 aromatic carbocycles. The first kappa shape index (κ1) is 19.5. The number of carbonyl (C=O) groups is 3. The van der Waals surface area contributed by atoms with Crippen LogP contribution in [0.4, 0.5) is 0 Å². The van der Waals surface area contributed by atoms with E-state index < -0.39 is 33.8 Å². The van der Waals surface area contributed by atoms with Crippen molar-refractivity contribution < 1.29 is 27.6 Å². The van der Waals surface area contributed by atoms with E-state index in [9.17, 15) is 22.8 Å². The number of sulfonamides is 1. The first-order valence-electron chi connectivity index (χ1n) is 9.06.